The van der Waals surface area contributed by atoms with Crippen LogP contribution in [0.2, 0.25) is 0 Å². The maximum Gasteiger partial charge on any atom is 0.320 e. The molecule has 2 rings (SSSR count). The summed E-state index contributed by atoms with van der Waals surface area (Å²) in [6.45, 7) is 3.77. The monoisotopic (exact) mass is 263 g/mol. The van der Waals surface area contributed by atoms with Crippen LogP contribution in [0.3, 0.4) is 0 Å². The smallest absolute Gasteiger partial charge is 0.320 e. The number of benzene rings is 1. The van der Waals surface area contributed by atoms with Crippen LogP contribution < -0.4 is 0 Å². The summed E-state index contributed by atoms with van der Waals surface area (Å²) in [5.41, 5.74) is 1.30. The summed E-state index contributed by atoms with van der Waals surface area (Å²) < 4.78 is 5.73. The highest BCUT2D eigenvalue weighted by molar-refractivity contribution is 5.72. The van der Waals surface area contributed by atoms with Gasteiger partial charge >= 0.3 is 5.97 Å². The number of aryl methyl sites for hydroxylation is 1. The maximum absolute atomic E-state index is 11.0. The maximum atomic E-state index is 11.0. The lowest BCUT2D eigenvalue weighted by Crippen LogP contribution is -2.49. The molecule has 0 aromatic heterocycles. The van der Waals surface area contributed by atoms with Gasteiger partial charge in [-0.3, -0.25) is 9.69 Å². The van der Waals surface area contributed by atoms with E-state index in [1.165, 1.54) is 5.56 Å². The van der Waals surface area contributed by atoms with E-state index in [2.05, 4.69) is 12.1 Å². The highest BCUT2D eigenvalue weighted by Crippen LogP contribution is 2.14. The molecule has 0 bridgehead atoms. The lowest BCUT2D eigenvalue weighted by Gasteiger charge is -2.35. The van der Waals surface area contributed by atoms with Gasteiger partial charge < -0.3 is 9.84 Å². The Kier molecular flexibility index (Phi) is 4.93. The van der Waals surface area contributed by atoms with Gasteiger partial charge in [-0.15, -0.1) is 0 Å². The Morgan fingerprint density at radius 3 is 2.89 bits per heavy atom. The van der Waals surface area contributed by atoms with Gasteiger partial charge in [-0.25, -0.2) is 0 Å². The number of aliphatic carboxylic acids is 1. The zero-order chi connectivity index (χ0) is 13.7. The van der Waals surface area contributed by atoms with Crippen molar-refractivity contribution in [1.29, 1.82) is 0 Å². The highest BCUT2D eigenvalue weighted by atomic mass is 16.5. The van der Waals surface area contributed by atoms with Crippen molar-refractivity contribution in [3.8, 4) is 0 Å². The molecule has 1 N–H and O–H groups in total. The summed E-state index contributed by atoms with van der Waals surface area (Å²) in [4.78, 5) is 13.0. The van der Waals surface area contributed by atoms with Gasteiger partial charge in [-0.05, 0) is 25.3 Å². The van der Waals surface area contributed by atoms with Gasteiger partial charge in [0.15, 0.2) is 0 Å². The minimum absolute atomic E-state index is 0.135. The number of ether oxygens (including phenoxy) is 1. The lowest BCUT2D eigenvalue weighted by molar-refractivity contribution is -0.145. The topological polar surface area (TPSA) is 49.8 Å². The normalized spacial score (nSPS) is 22.1. The van der Waals surface area contributed by atoms with E-state index in [9.17, 15) is 4.79 Å². The van der Waals surface area contributed by atoms with Crippen molar-refractivity contribution >= 4 is 5.97 Å². The summed E-state index contributed by atoms with van der Waals surface area (Å²) in [5.74, 6) is -0.760. The summed E-state index contributed by atoms with van der Waals surface area (Å²) in [5, 5.41) is 9.05. The number of hydrogen-bond donors (Lipinski definition) is 1. The minimum atomic E-state index is -0.760. The number of nitrogens with zero attached hydrogens (tertiary/aromatic N) is 1. The highest BCUT2D eigenvalue weighted by Gasteiger charge is 2.27. The van der Waals surface area contributed by atoms with Crippen molar-refractivity contribution in [1.82, 2.24) is 4.90 Å². The van der Waals surface area contributed by atoms with E-state index in [-0.39, 0.29) is 6.10 Å². The largest absolute Gasteiger partial charge is 0.480 e. The standard InChI is InChI=1S/C15H21NO3/c1-12(15(17)18)16-9-10-19-14(11-16)8-7-13-5-3-2-4-6-13/h2-6,12,14H,7-11H2,1H3,(H,17,18). The predicted octanol–water partition coefficient (Wildman–Crippen LogP) is 1.79. The fourth-order valence-corrected chi connectivity index (χ4v) is 2.40. The molecule has 19 heavy (non-hydrogen) atoms. The van der Waals surface area contributed by atoms with Crippen molar-refractivity contribution in [2.45, 2.75) is 31.9 Å². The van der Waals surface area contributed by atoms with E-state index < -0.39 is 12.0 Å². The number of carboxylic acid groups (broad SMARTS) is 1. The molecule has 2 unspecified atom stereocenters. The summed E-state index contributed by atoms with van der Waals surface area (Å²) in [6.07, 6.45) is 2.05. The van der Waals surface area contributed by atoms with Crippen LogP contribution in [-0.4, -0.2) is 47.8 Å². The summed E-state index contributed by atoms with van der Waals surface area (Å²) in [6, 6.07) is 9.88. The summed E-state index contributed by atoms with van der Waals surface area (Å²) in [7, 11) is 0. The first-order valence-electron chi connectivity index (χ1n) is 6.79. The number of morpholine rings is 1. The van der Waals surface area contributed by atoms with Crippen molar-refractivity contribution in [2.24, 2.45) is 0 Å². The molecular weight excluding hydrogens is 242 g/mol. The minimum Gasteiger partial charge on any atom is -0.480 e. The number of carboxylic acids is 1. The second kappa shape index (κ2) is 6.68. The average molecular weight is 263 g/mol. The van der Waals surface area contributed by atoms with E-state index in [1.807, 2.05) is 23.1 Å². The van der Waals surface area contributed by atoms with Crippen LogP contribution >= 0.6 is 0 Å². The van der Waals surface area contributed by atoms with Crippen LogP contribution in [0.25, 0.3) is 0 Å². The summed E-state index contributed by atoms with van der Waals surface area (Å²) >= 11 is 0. The molecular formula is C15H21NO3. The Labute approximate surface area is 114 Å². The lowest BCUT2D eigenvalue weighted by atomic mass is 10.1. The molecule has 1 fully saturated rings. The third-order valence-electron chi connectivity index (χ3n) is 3.67. The Morgan fingerprint density at radius 2 is 2.21 bits per heavy atom. The fourth-order valence-electron chi connectivity index (χ4n) is 2.40. The Hall–Kier alpha value is -1.39. The molecule has 0 aliphatic carbocycles. The molecule has 1 aliphatic heterocycles. The van der Waals surface area contributed by atoms with Gasteiger partial charge in [0.05, 0.1) is 12.7 Å². The van der Waals surface area contributed by atoms with Gasteiger partial charge in [-0.1, -0.05) is 30.3 Å². The molecule has 1 heterocycles. The van der Waals surface area contributed by atoms with Crippen molar-refractivity contribution in [2.75, 3.05) is 19.7 Å². The molecule has 4 heteroatoms. The Morgan fingerprint density at radius 1 is 1.47 bits per heavy atom. The predicted molar refractivity (Wildman–Crippen MR) is 73.2 cm³/mol. The van der Waals surface area contributed by atoms with E-state index in [0.717, 1.165) is 12.8 Å². The molecule has 2 atom stereocenters. The van der Waals surface area contributed by atoms with Crippen molar-refractivity contribution in [3.05, 3.63) is 35.9 Å². The first-order valence-corrected chi connectivity index (χ1v) is 6.79. The fraction of sp³-hybridized carbons (Fsp3) is 0.533. The van der Waals surface area contributed by atoms with Crippen LogP contribution in [0.1, 0.15) is 18.9 Å². The van der Waals surface area contributed by atoms with Gasteiger partial charge in [0, 0.05) is 13.1 Å². The van der Waals surface area contributed by atoms with Gasteiger partial charge in [0.1, 0.15) is 6.04 Å². The van der Waals surface area contributed by atoms with Crippen LogP contribution in [0, 0.1) is 0 Å². The molecule has 1 aliphatic rings. The van der Waals surface area contributed by atoms with Crippen molar-refractivity contribution in [3.63, 3.8) is 0 Å². The quantitative estimate of drug-likeness (QED) is 0.880. The van der Waals surface area contributed by atoms with E-state index >= 15 is 0 Å². The molecule has 0 radical (unpaired) electrons. The second-order valence-electron chi connectivity index (χ2n) is 5.03. The van der Waals surface area contributed by atoms with E-state index in [0.29, 0.717) is 19.7 Å². The van der Waals surface area contributed by atoms with Crippen LogP contribution in [-0.2, 0) is 16.0 Å². The number of rotatable bonds is 5. The zero-order valence-corrected chi connectivity index (χ0v) is 11.3. The molecule has 104 valence electrons. The molecule has 1 aromatic rings. The van der Waals surface area contributed by atoms with Crippen LogP contribution in [0.4, 0.5) is 0 Å². The molecule has 4 nitrogen and oxygen atoms in total. The van der Waals surface area contributed by atoms with Crippen molar-refractivity contribution < 1.29 is 14.6 Å². The first kappa shape index (κ1) is 14.0. The van der Waals surface area contributed by atoms with Crippen LogP contribution in [0.5, 0.6) is 0 Å². The molecule has 1 aromatic carbocycles. The molecule has 0 saturated carbocycles. The first-order chi connectivity index (χ1) is 9.16. The third kappa shape index (κ3) is 4.04. The SMILES string of the molecule is CC(C(=O)O)N1CCOC(CCc2ccccc2)C1. The molecule has 0 spiro atoms. The number of hydrogen-bond acceptors (Lipinski definition) is 3. The van der Waals surface area contributed by atoms with Gasteiger partial charge in [-0.2, -0.15) is 0 Å². The number of carbonyl (C=O) groups is 1. The average Bonchev–Trinajstić information content (AvgIpc) is 2.45. The molecule has 1 saturated heterocycles. The van der Waals surface area contributed by atoms with Gasteiger partial charge in [0.25, 0.3) is 0 Å². The van der Waals surface area contributed by atoms with E-state index in [1.54, 1.807) is 6.92 Å². The van der Waals surface area contributed by atoms with Crippen LogP contribution in [0.15, 0.2) is 30.3 Å². The Balaban J connectivity index is 1.83. The zero-order valence-electron chi connectivity index (χ0n) is 11.3. The molecule has 0 amide bonds. The van der Waals surface area contributed by atoms with Gasteiger partial charge in [0.2, 0.25) is 0 Å². The third-order valence-corrected chi connectivity index (χ3v) is 3.67. The van der Waals surface area contributed by atoms with E-state index in [4.69, 9.17) is 9.84 Å². The Bertz CT molecular complexity index is 407. The second-order valence-corrected chi connectivity index (χ2v) is 5.03.